The maximum atomic E-state index is 5.80. The normalized spacial score (nSPS) is 26.7. The van der Waals surface area contributed by atoms with Gasteiger partial charge < -0.3 is 4.74 Å². The van der Waals surface area contributed by atoms with Crippen molar-refractivity contribution >= 4 is 0 Å². The van der Waals surface area contributed by atoms with Gasteiger partial charge in [0, 0.05) is 12.5 Å². The molecule has 1 nitrogen and oxygen atoms in total. The lowest BCUT2D eigenvalue weighted by Crippen LogP contribution is -2.21. The van der Waals surface area contributed by atoms with E-state index < -0.39 is 0 Å². The fraction of sp³-hybridized carbons (Fsp3) is 0.846. The predicted octanol–water partition coefficient (Wildman–Crippen LogP) is 3.39. The van der Waals surface area contributed by atoms with Crippen molar-refractivity contribution < 1.29 is 4.74 Å². The van der Waals surface area contributed by atoms with Gasteiger partial charge in [0.1, 0.15) is 0 Å². The van der Waals surface area contributed by atoms with Gasteiger partial charge in [0.15, 0.2) is 0 Å². The molecule has 80 valence electrons. The van der Waals surface area contributed by atoms with Crippen LogP contribution in [-0.2, 0) is 4.74 Å². The second-order valence-electron chi connectivity index (χ2n) is 4.09. The maximum Gasteiger partial charge on any atom is 0.0576 e. The molecule has 14 heavy (non-hydrogen) atoms. The first-order chi connectivity index (χ1) is 6.86. The second kappa shape index (κ2) is 6.90. The molecule has 0 aromatic heterocycles. The van der Waals surface area contributed by atoms with Gasteiger partial charge in [-0.3, -0.25) is 0 Å². The number of hydrogen-bond donors (Lipinski definition) is 0. The van der Waals surface area contributed by atoms with E-state index in [0.717, 1.165) is 6.61 Å². The molecule has 1 fully saturated rings. The molecule has 0 atom stereocenters. The van der Waals surface area contributed by atoms with Crippen molar-refractivity contribution in [2.75, 3.05) is 6.61 Å². The molecule has 0 aliphatic heterocycles. The van der Waals surface area contributed by atoms with Crippen LogP contribution in [0.5, 0.6) is 0 Å². The minimum absolute atomic E-state index is 0.524. The van der Waals surface area contributed by atoms with Crippen LogP contribution in [0.2, 0.25) is 0 Å². The fourth-order valence-corrected chi connectivity index (χ4v) is 1.97. The van der Waals surface area contributed by atoms with Gasteiger partial charge in [-0.05, 0) is 39.0 Å². The lowest BCUT2D eigenvalue weighted by atomic mass is 9.88. The van der Waals surface area contributed by atoms with E-state index in [-0.39, 0.29) is 0 Å². The highest BCUT2D eigenvalue weighted by Crippen LogP contribution is 2.25. The van der Waals surface area contributed by atoms with Crippen LogP contribution in [0, 0.1) is 17.8 Å². The van der Waals surface area contributed by atoms with Crippen molar-refractivity contribution in [1.29, 1.82) is 0 Å². The van der Waals surface area contributed by atoms with Gasteiger partial charge in [0.05, 0.1) is 6.10 Å². The standard InChI is InChI=1S/C13H22O/c1-3-5-11-14-13-9-7-12(6-4-2)8-10-13/h12-13H,3,5,7-11H2,1-2H3. The molecule has 0 N–H and O–H groups in total. The van der Waals surface area contributed by atoms with Crippen LogP contribution in [0.4, 0.5) is 0 Å². The van der Waals surface area contributed by atoms with E-state index >= 15 is 0 Å². The van der Waals surface area contributed by atoms with Crippen molar-refractivity contribution in [3.8, 4) is 11.8 Å². The summed E-state index contributed by atoms with van der Waals surface area (Å²) in [5, 5.41) is 0. The van der Waals surface area contributed by atoms with Crippen LogP contribution in [0.1, 0.15) is 52.4 Å². The molecule has 0 aromatic rings. The topological polar surface area (TPSA) is 9.23 Å². The summed E-state index contributed by atoms with van der Waals surface area (Å²) < 4.78 is 5.80. The average molecular weight is 194 g/mol. The largest absolute Gasteiger partial charge is 0.378 e. The number of rotatable bonds is 4. The molecule has 0 spiro atoms. The summed E-state index contributed by atoms with van der Waals surface area (Å²) in [6, 6.07) is 0. The Morgan fingerprint density at radius 2 is 1.93 bits per heavy atom. The zero-order chi connectivity index (χ0) is 10.2. The molecule has 0 radical (unpaired) electrons. The lowest BCUT2D eigenvalue weighted by molar-refractivity contribution is 0.0216. The van der Waals surface area contributed by atoms with Gasteiger partial charge in [0.25, 0.3) is 0 Å². The third-order valence-electron chi connectivity index (χ3n) is 2.87. The Morgan fingerprint density at radius 1 is 1.21 bits per heavy atom. The third kappa shape index (κ3) is 4.15. The average Bonchev–Trinajstić information content (AvgIpc) is 2.21. The molecule has 1 heteroatoms. The van der Waals surface area contributed by atoms with E-state index in [9.17, 15) is 0 Å². The first kappa shape index (κ1) is 11.6. The molecule has 0 aromatic carbocycles. The molecule has 1 saturated carbocycles. The minimum Gasteiger partial charge on any atom is -0.378 e. The zero-order valence-electron chi connectivity index (χ0n) is 9.51. The first-order valence-electron chi connectivity index (χ1n) is 5.90. The summed E-state index contributed by atoms with van der Waals surface area (Å²) in [5.41, 5.74) is 0. The Labute approximate surface area is 88.2 Å². The monoisotopic (exact) mass is 194 g/mol. The molecule has 0 unspecified atom stereocenters. The Morgan fingerprint density at radius 3 is 2.50 bits per heavy atom. The smallest absolute Gasteiger partial charge is 0.0576 e. The lowest BCUT2D eigenvalue weighted by Gasteiger charge is -2.25. The van der Waals surface area contributed by atoms with Crippen LogP contribution < -0.4 is 0 Å². The Hall–Kier alpha value is -0.480. The Kier molecular flexibility index (Phi) is 5.71. The number of ether oxygens (including phenoxy) is 1. The first-order valence-corrected chi connectivity index (χ1v) is 5.90. The van der Waals surface area contributed by atoms with E-state index in [1.54, 1.807) is 0 Å². The quantitative estimate of drug-likeness (QED) is 0.492. The van der Waals surface area contributed by atoms with Crippen LogP contribution in [0.25, 0.3) is 0 Å². The molecule has 1 aliphatic rings. The summed E-state index contributed by atoms with van der Waals surface area (Å²) in [6.07, 6.45) is 7.85. The van der Waals surface area contributed by atoms with Crippen molar-refractivity contribution in [2.45, 2.75) is 58.5 Å². The van der Waals surface area contributed by atoms with Gasteiger partial charge in [-0.2, -0.15) is 0 Å². The number of hydrogen-bond acceptors (Lipinski definition) is 1. The maximum absolute atomic E-state index is 5.80. The molecule has 1 rings (SSSR count). The highest BCUT2D eigenvalue weighted by Gasteiger charge is 2.19. The highest BCUT2D eigenvalue weighted by molar-refractivity contribution is 5.02. The molecular formula is C13H22O. The minimum atomic E-state index is 0.524. The van der Waals surface area contributed by atoms with E-state index in [1.165, 1.54) is 38.5 Å². The molecule has 0 heterocycles. The van der Waals surface area contributed by atoms with Gasteiger partial charge in [0.2, 0.25) is 0 Å². The Balaban J connectivity index is 2.11. The highest BCUT2D eigenvalue weighted by atomic mass is 16.5. The van der Waals surface area contributed by atoms with Gasteiger partial charge >= 0.3 is 0 Å². The van der Waals surface area contributed by atoms with Gasteiger partial charge in [-0.15, -0.1) is 11.8 Å². The van der Waals surface area contributed by atoms with Crippen molar-refractivity contribution in [3.63, 3.8) is 0 Å². The van der Waals surface area contributed by atoms with E-state index in [1.807, 2.05) is 6.92 Å². The van der Waals surface area contributed by atoms with Crippen LogP contribution in [0.3, 0.4) is 0 Å². The van der Waals surface area contributed by atoms with Gasteiger partial charge in [-0.25, -0.2) is 0 Å². The predicted molar refractivity (Wildman–Crippen MR) is 60.1 cm³/mol. The summed E-state index contributed by atoms with van der Waals surface area (Å²) in [6.45, 7) is 5.09. The van der Waals surface area contributed by atoms with Crippen LogP contribution in [-0.4, -0.2) is 12.7 Å². The SMILES string of the molecule is CC#CC1CCC(OCCCC)CC1. The molecule has 0 bridgehead atoms. The summed E-state index contributed by atoms with van der Waals surface area (Å²) in [4.78, 5) is 0. The summed E-state index contributed by atoms with van der Waals surface area (Å²) >= 11 is 0. The molecule has 1 aliphatic carbocycles. The van der Waals surface area contributed by atoms with Crippen molar-refractivity contribution in [2.24, 2.45) is 5.92 Å². The summed E-state index contributed by atoms with van der Waals surface area (Å²) in [5.74, 6) is 6.92. The van der Waals surface area contributed by atoms with Gasteiger partial charge in [-0.1, -0.05) is 13.3 Å². The van der Waals surface area contributed by atoms with E-state index in [4.69, 9.17) is 4.74 Å². The number of unbranched alkanes of at least 4 members (excludes halogenated alkanes) is 1. The van der Waals surface area contributed by atoms with E-state index in [2.05, 4.69) is 18.8 Å². The van der Waals surface area contributed by atoms with Crippen LogP contribution >= 0.6 is 0 Å². The fourth-order valence-electron chi connectivity index (χ4n) is 1.97. The molecule has 0 amide bonds. The molecule has 0 saturated heterocycles. The van der Waals surface area contributed by atoms with Crippen molar-refractivity contribution in [3.05, 3.63) is 0 Å². The second-order valence-corrected chi connectivity index (χ2v) is 4.09. The van der Waals surface area contributed by atoms with Crippen molar-refractivity contribution in [1.82, 2.24) is 0 Å². The summed E-state index contributed by atoms with van der Waals surface area (Å²) in [7, 11) is 0. The Bertz CT molecular complexity index is 191. The third-order valence-corrected chi connectivity index (χ3v) is 2.87. The molecular weight excluding hydrogens is 172 g/mol. The van der Waals surface area contributed by atoms with E-state index in [0.29, 0.717) is 12.0 Å². The zero-order valence-corrected chi connectivity index (χ0v) is 9.51. The van der Waals surface area contributed by atoms with Crippen LogP contribution in [0.15, 0.2) is 0 Å².